The van der Waals surface area contributed by atoms with E-state index in [0.717, 1.165) is 35.5 Å². The van der Waals surface area contributed by atoms with Crippen LogP contribution < -0.4 is 0 Å². The summed E-state index contributed by atoms with van der Waals surface area (Å²) in [4.78, 5) is 0. The van der Waals surface area contributed by atoms with Gasteiger partial charge < -0.3 is 0 Å². The summed E-state index contributed by atoms with van der Waals surface area (Å²) in [5.74, 6) is 10.9. The van der Waals surface area contributed by atoms with Crippen LogP contribution in [-0.2, 0) is 0 Å². The van der Waals surface area contributed by atoms with E-state index >= 15 is 0 Å². The summed E-state index contributed by atoms with van der Waals surface area (Å²) in [7, 11) is 0. The Balaban J connectivity index is 1.09. The zero-order chi connectivity index (χ0) is 14.4. The monoisotopic (exact) mass is 306 g/mol. The average molecular weight is 306 g/mol. The van der Waals surface area contributed by atoms with Gasteiger partial charge in [-0.3, -0.25) is 0 Å². The Morgan fingerprint density at radius 2 is 0.958 bits per heavy atom. The summed E-state index contributed by atoms with van der Waals surface area (Å²) >= 11 is 0. The average Bonchev–Trinajstić information content (AvgIpc) is 2.49. The number of rotatable bonds is 0. The quantitative estimate of drug-likeness (QED) is 0.624. The van der Waals surface area contributed by atoms with Crippen LogP contribution in [0.2, 0.25) is 0 Å². The van der Waals surface area contributed by atoms with E-state index in [4.69, 9.17) is 0 Å². The van der Waals surface area contributed by atoms with E-state index in [1.54, 1.807) is 12.8 Å². The summed E-state index contributed by atoms with van der Waals surface area (Å²) in [6.45, 7) is 0. The van der Waals surface area contributed by atoms with Gasteiger partial charge in [0.1, 0.15) is 0 Å². The third kappa shape index (κ3) is 0.551. The molecular formula is C24H18. The second-order valence-corrected chi connectivity index (χ2v) is 10.9. The lowest BCUT2D eigenvalue weighted by Crippen LogP contribution is -2.71. The van der Waals surface area contributed by atoms with Gasteiger partial charge in [0.05, 0.1) is 0 Å². The molecule has 0 nitrogen and oxygen atoms in total. The lowest BCUT2D eigenvalue weighted by molar-refractivity contribution is -0.212. The smallest absolute Gasteiger partial charge is 0.000217 e. The molecule has 4 saturated carbocycles. The number of hydrogen-bond acceptors (Lipinski definition) is 0. The molecule has 10 atom stereocenters. The van der Waals surface area contributed by atoms with E-state index in [-0.39, 0.29) is 0 Å². The van der Waals surface area contributed by atoms with Crippen molar-refractivity contribution in [1.29, 1.82) is 0 Å². The molecule has 0 spiro atoms. The molecule has 11 aliphatic rings. The molecule has 24 heavy (non-hydrogen) atoms. The maximum Gasteiger partial charge on any atom is -0.000217 e. The molecule has 0 aromatic rings. The molecule has 0 aromatic carbocycles. The van der Waals surface area contributed by atoms with Gasteiger partial charge in [0.25, 0.3) is 0 Å². The number of allylic oxidation sites excluding steroid dienone is 4. The molecule has 0 radical (unpaired) electrons. The first-order valence-electron chi connectivity index (χ1n) is 10.7. The molecule has 11 rings (SSSR count). The minimum atomic E-state index is 1.01. The predicted molar refractivity (Wildman–Crippen MR) is 88.5 cm³/mol. The largest absolute Gasteiger partial charge is 0.0496 e. The summed E-state index contributed by atoms with van der Waals surface area (Å²) in [6.07, 6.45) is 6.03. The maximum absolute atomic E-state index is 1.95. The van der Waals surface area contributed by atoms with Gasteiger partial charge in [-0.25, -0.2) is 0 Å². The molecule has 0 saturated heterocycles. The number of benzene rings is 1. The van der Waals surface area contributed by atoms with Crippen LogP contribution >= 0.6 is 0 Å². The highest BCUT2D eigenvalue weighted by Crippen LogP contribution is 2.87. The third-order valence-electron chi connectivity index (χ3n) is 11.4. The van der Waals surface area contributed by atoms with Crippen molar-refractivity contribution < 1.29 is 0 Å². The first kappa shape index (κ1) is 10.00. The highest BCUT2D eigenvalue weighted by atomic mass is 14.8. The zero-order valence-electron chi connectivity index (χ0n) is 13.6. The number of fused-ring (bicyclic) bond motifs is 25. The van der Waals surface area contributed by atoms with Crippen molar-refractivity contribution in [3.05, 3.63) is 55.0 Å². The minimum Gasteiger partial charge on any atom is -0.0496 e. The highest BCUT2D eigenvalue weighted by Gasteiger charge is 2.77. The lowest BCUT2D eigenvalue weighted by Gasteiger charge is -2.79. The van der Waals surface area contributed by atoms with Crippen LogP contribution in [0.25, 0.3) is 0 Å². The first-order valence-corrected chi connectivity index (χ1v) is 10.7. The number of hydrogen-bond donors (Lipinski definition) is 0. The van der Waals surface area contributed by atoms with E-state index < -0.39 is 0 Å². The molecule has 0 heterocycles. The molecule has 0 amide bonds. The fourth-order valence-corrected chi connectivity index (χ4v) is 10.5. The molecule has 0 N–H and O–H groups in total. The van der Waals surface area contributed by atoms with Gasteiger partial charge >= 0.3 is 0 Å². The molecule has 10 unspecified atom stereocenters. The van der Waals surface area contributed by atoms with Gasteiger partial charge in [-0.15, -0.1) is 0 Å². The summed E-state index contributed by atoms with van der Waals surface area (Å²) in [6, 6.07) is 0. The first-order chi connectivity index (χ1) is 12.0. The molecule has 11 aliphatic carbocycles. The normalized spacial score (nSPS) is 59.5. The van der Waals surface area contributed by atoms with Gasteiger partial charge in [-0.1, -0.05) is 0 Å². The van der Waals surface area contributed by atoms with Crippen LogP contribution in [-0.4, -0.2) is 0 Å². The molecule has 0 aliphatic heterocycles. The van der Waals surface area contributed by atoms with Crippen LogP contribution in [0.5, 0.6) is 0 Å². The van der Waals surface area contributed by atoms with Crippen LogP contribution in [0, 0.1) is 45.9 Å². The SMILES string of the molecule is C1CC2=C1C1=C2C2C1C1c3c(c4c5c(c3=4)C3C5C4C5CCC5C34)C21. The van der Waals surface area contributed by atoms with Crippen molar-refractivity contribution in [2.45, 2.75) is 49.4 Å². The molecule has 0 aromatic heterocycles. The van der Waals surface area contributed by atoms with E-state index in [0.29, 0.717) is 0 Å². The summed E-state index contributed by atoms with van der Waals surface area (Å²) in [5, 5.41) is 3.77. The fourth-order valence-electron chi connectivity index (χ4n) is 10.5. The van der Waals surface area contributed by atoms with Crippen molar-refractivity contribution in [1.82, 2.24) is 0 Å². The van der Waals surface area contributed by atoms with Gasteiger partial charge in [-0.2, -0.15) is 0 Å². The van der Waals surface area contributed by atoms with Gasteiger partial charge in [0, 0.05) is 0 Å². The second kappa shape index (κ2) is 2.37. The molecule has 0 bridgehead atoms. The standard InChI is InChI=1S/C24H18/c1-2-6-5(1)9-10(6)14-13(9)17-18(14)22-21(17)23-19-15-11-7-3-4-8(7)12(11)16(15)20(19)24(22)23/h5-6,9-10,13-16,19-20H,1-4H2. The Hall–Kier alpha value is -1.30. The second-order valence-electron chi connectivity index (χ2n) is 10.9. The van der Waals surface area contributed by atoms with E-state index in [1.807, 2.05) is 55.0 Å². The van der Waals surface area contributed by atoms with Gasteiger partial charge in [0.15, 0.2) is 0 Å². The van der Waals surface area contributed by atoms with Crippen LogP contribution in [0.3, 0.4) is 0 Å². The summed E-state index contributed by atoms with van der Waals surface area (Å²) < 4.78 is 0. The van der Waals surface area contributed by atoms with E-state index in [9.17, 15) is 0 Å². The van der Waals surface area contributed by atoms with Crippen LogP contribution in [0.1, 0.15) is 71.6 Å². The van der Waals surface area contributed by atoms with Crippen molar-refractivity contribution in [3.8, 4) is 0 Å². The zero-order valence-corrected chi connectivity index (χ0v) is 13.6. The van der Waals surface area contributed by atoms with Crippen molar-refractivity contribution in [2.24, 2.45) is 35.5 Å². The van der Waals surface area contributed by atoms with Crippen LogP contribution in [0.4, 0.5) is 0 Å². The Morgan fingerprint density at radius 1 is 0.500 bits per heavy atom. The van der Waals surface area contributed by atoms with Crippen molar-refractivity contribution >= 4 is 0 Å². The highest BCUT2D eigenvalue weighted by molar-refractivity contribution is 5.81. The fraction of sp³-hybridized carbons (Fsp3) is 0.583. The molecular weight excluding hydrogens is 288 g/mol. The predicted octanol–water partition coefficient (Wildman–Crippen LogP) is 4.59. The van der Waals surface area contributed by atoms with Crippen molar-refractivity contribution in [3.63, 3.8) is 0 Å². The van der Waals surface area contributed by atoms with Gasteiger partial charge in [0.2, 0.25) is 0 Å². The van der Waals surface area contributed by atoms with Gasteiger partial charge in [-0.05, 0) is 140 Å². The Morgan fingerprint density at radius 3 is 1.38 bits per heavy atom. The maximum atomic E-state index is 1.95. The molecule has 114 valence electrons. The van der Waals surface area contributed by atoms with Crippen molar-refractivity contribution in [2.75, 3.05) is 0 Å². The van der Waals surface area contributed by atoms with Crippen LogP contribution in [0.15, 0.2) is 22.3 Å². The third-order valence-corrected chi connectivity index (χ3v) is 11.4. The Kier molecular flexibility index (Phi) is 0.985. The minimum absolute atomic E-state index is 1.01. The molecule has 0 heteroatoms. The lowest BCUT2D eigenvalue weighted by atomic mass is 9.24. The Labute approximate surface area is 140 Å². The van der Waals surface area contributed by atoms with E-state index in [1.165, 1.54) is 36.5 Å². The Bertz CT molecular complexity index is 1130. The topological polar surface area (TPSA) is 0 Å². The van der Waals surface area contributed by atoms with E-state index in [2.05, 4.69) is 0 Å². The molecule has 4 fully saturated rings. The summed E-state index contributed by atoms with van der Waals surface area (Å²) in [5.41, 5.74) is 15.3.